The first-order valence-electron chi connectivity index (χ1n) is 8.66. The maximum atomic E-state index is 11.3. The zero-order valence-corrected chi connectivity index (χ0v) is 14.6. The number of ether oxygens (including phenoxy) is 1. The van der Waals surface area contributed by atoms with Gasteiger partial charge in [-0.2, -0.15) is 0 Å². The molecule has 0 aromatic rings. The average molecular weight is 318 g/mol. The van der Waals surface area contributed by atoms with Gasteiger partial charge in [-0.3, -0.25) is 0 Å². The lowest BCUT2D eigenvalue weighted by Gasteiger charge is -2.43. The summed E-state index contributed by atoms with van der Waals surface area (Å²) in [5.41, 5.74) is 1.31. The molecule has 3 heteroatoms. The molecule has 0 saturated carbocycles. The lowest BCUT2D eigenvalue weighted by molar-refractivity contribution is 0.0313. The van der Waals surface area contributed by atoms with Gasteiger partial charge in [0.05, 0.1) is 12.5 Å². The highest BCUT2D eigenvalue weighted by molar-refractivity contribution is 5.45. The predicted octanol–water partition coefficient (Wildman–Crippen LogP) is 4.46. The molecular weight excluding hydrogens is 288 g/mol. The number of aliphatic hydroxyl groups excluding tert-OH is 1. The number of aliphatic hydroxyl groups is 2. The molecular formula is C20H30O3. The summed E-state index contributed by atoms with van der Waals surface area (Å²) < 4.78 is 5.43. The van der Waals surface area contributed by atoms with Crippen LogP contribution < -0.4 is 0 Å². The number of hydrogen-bond donors (Lipinski definition) is 2. The van der Waals surface area contributed by atoms with E-state index < -0.39 is 5.60 Å². The summed E-state index contributed by atoms with van der Waals surface area (Å²) in [4.78, 5) is 0. The van der Waals surface area contributed by atoms with Crippen LogP contribution >= 0.6 is 0 Å². The van der Waals surface area contributed by atoms with E-state index in [1.54, 1.807) is 0 Å². The lowest BCUT2D eigenvalue weighted by atomic mass is 9.66. The largest absolute Gasteiger partial charge is 0.512 e. The molecule has 0 amide bonds. The summed E-state index contributed by atoms with van der Waals surface area (Å²) in [7, 11) is 0. The highest BCUT2D eigenvalue weighted by atomic mass is 16.5. The van der Waals surface area contributed by atoms with Crippen molar-refractivity contribution in [3.63, 3.8) is 0 Å². The molecule has 3 atom stereocenters. The zero-order valence-electron chi connectivity index (χ0n) is 14.6. The second-order valence-corrected chi connectivity index (χ2v) is 6.73. The van der Waals surface area contributed by atoms with E-state index in [0.717, 1.165) is 30.4 Å². The van der Waals surface area contributed by atoms with Gasteiger partial charge in [-0.1, -0.05) is 18.7 Å². The Balaban J connectivity index is 2.37. The third kappa shape index (κ3) is 3.61. The topological polar surface area (TPSA) is 49.7 Å². The van der Waals surface area contributed by atoms with E-state index in [9.17, 15) is 10.2 Å². The minimum Gasteiger partial charge on any atom is -0.512 e. The van der Waals surface area contributed by atoms with Crippen molar-refractivity contribution < 1.29 is 14.9 Å². The molecule has 0 saturated heterocycles. The average Bonchev–Trinajstić information content (AvgIpc) is 2.53. The predicted molar refractivity (Wildman–Crippen MR) is 94.3 cm³/mol. The summed E-state index contributed by atoms with van der Waals surface area (Å²) in [5.74, 6) is 0.110. The Kier molecular flexibility index (Phi) is 5.88. The first-order chi connectivity index (χ1) is 10.9. The Morgan fingerprint density at radius 3 is 2.78 bits per heavy atom. The first kappa shape index (κ1) is 18.0. The molecule has 0 fully saturated rings. The van der Waals surface area contributed by atoms with Crippen molar-refractivity contribution in [2.75, 3.05) is 13.2 Å². The van der Waals surface area contributed by atoms with Crippen LogP contribution in [0.15, 0.2) is 47.3 Å². The highest BCUT2D eigenvalue weighted by Crippen LogP contribution is 2.46. The van der Waals surface area contributed by atoms with Crippen molar-refractivity contribution >= 4 is 0 Å². The van der Waals surface area contributed by atoms with E-state index in [4.69, 9.17) is 4.74 Å². The quantitative estimate of drug-likeness (QED) is 0.561. The Hall–Kier alpha value is -1.32. The molecule has 0 aliphatic heterocycles. The fourth-order valence-corrected chi connectivity index (χ4v) is 3.69. The second-order valence-electron chi connectivity index (χ2n) is 6.73. The van der Waals surface area contributed by atoms with Gasteiger partial charge in [0.2, 0.25) is 0 Å². The molecule has 0 aromatic heterocycles. The third-order valence-corrected chi connectivity index (χ3v) is 5.15. The third-order valence-electron chi connectivity index (χ3n) is 5.15. The monoisotopic (exact) mass is 318 g/mol. The molecule has 0 spiro atoms. The number of allylic oxidation sites excluding steroid dienone is 3. The molecule has 0 aromatic carbocycles. The van der Waals surface area contributed by atoms with Crippen LogP contribution in [0.25, 0.3) is 0 Å². The Morgan fingerprint density at radius 1 is 1.48 bits per heavy atom. The van der Waals surface area contributed by atoms with Crippen LogP contribution in [0, 0.1) is 11.8 Å². The van der Waals surface area contributed by atoms with E-state index in [2.05, 4.69) is 18.7 Å². The van der Waals surface area contributed by atoms with Gasteiger partial charge >= 0.3 is 0 Å². The smallest absolute Gasteiger partial charge is 0.114 e. The molecule has 2 aliphatic carbocycles. The SMILES string of the molecule is C=C(C)C1(O)C=C(CCOCC)C(C)=C(O)C1[C@H]1C=CCCC1. The molecule has 3 nitrogen and oxygen atoms in total. The molecule has 0 bridgehead atoms. The molecule has 2 aliphatic rings. The number of hydrogen-bond acceptors (Lipinski definition) is 3. The summed E-state index contributed by atoms with van der Waals surface area (Å²) in [6, 6.07) is 0. The summed E-state index contributed by atoms with van der Waals surface area (Å²) >= 11 is 0. The first-order valence-corrected chi connectivity index (χ1v) is 8.66. The van der Waals surface area contributed by atoms with Gasteiger partial charge < -0.3 is 14.9 Å². The zero-order chi connectivity index (χ0) is 17.0. The normalized spacial score (nSPS) is 31.2. The number of rotatable bonds is 6. The maximum absolute atomic E-state index is 11.3. The highest BCUT2D eigenvalue weighted by Gasteiger charge is 2.46. The van der Waals surface area contributed by atoms with Crippen LogP contribution in [0.1, 0.15) is 46.5 Å². The van der Waals surface area contributed by atoms with Gasteiger partial charge in [0, 0.05) is 6.61 Å². The maximum Gasteiger partial charge on any atom is 0.114 e. The van der Waals surface area contributed by atoms with Crippen molar-refractivity contribution in [2.24, 2.45) is 11.8 Å². The van der Waals surface area contributed by atoms with E-state index in [1.807, 2.05) is 26.8 Å². The molecule has 2 rings (SSSR count). The van der Waals surface area contributed by atoms with E-state index in [0.29, 0.717) is 31.0 Å². The fraction of sp³-hybridized carbons (Fsp3) is 0.600. The van der Waals surface area contributed by atoms with Gasteiger partial charge in [-0.05, 0) is 75.2 Å². The Labute approximate surface area is 140 Å². The van der Waals surface area contributed by atoms with Crippen LogP contribution in [0.3, 0.4) is 0 Å². The van der Waals surface area contributed by atoms with Gasteiger partial charge in [-0.15, -0.1) is 0 Å². The van der Waals surface area contributed by atoms with Crippen molar-refractivity contribution in [1.29, 1.82) is 0 Å². The lowest BCUT2D eigenvalue weighted by Crippen LogP contribution is -2.45. The van der Waals surface area contributed by atoms with E-state index >= 15 is 0 Å². The Bertz CT molecular complexity index is 541. The van der Waals surface area contributed by atoms with Gasteiger partial charge in [0.1, 0.15) is 11.4 Å². The van der Waals surface area contributed by atoms with Gasteiger partial charge in [-0.25, -0.2) is 0 Å². The molecule has 2 unspecified atom stereocenters. The van der Waals surface area contributed by atoms with Crippen molar-refractivity contribution in [2.45, 2.75) is 52.1 Å². The summed E-state index contributed by atoms with van der Waals surface area (Å²) in [6.45, 7) is 11.0. The van der Waals surface area contributed by atoms with Crippen LogP contribution in [-0.2, 0) is 4.74 Å². The Morgan fingerprint density at radius 2 is 2.22 bits per heavy atom. The van der Waals surface area contributed by atoms with E-state index in [1.165, 1.54) is 0 Å². The standard InChI is InChI=1S/C20H30O3/c1-5-23-12-11-17-13-20(22,14(2)3)18(19(21)15(17)4)16-9-7-6-8-10-16/h7,9,13,16,18,21-22H,2,5-6,8,10-12H2,1,3-4H3/t16-,18?,20?/m0/s1. The van der Waals surface area contributed by atoms with Crippen molar-refractivity contribution in [3.05, 3.63) is 47.3 Å². The molecule has 0 heterocycles. The minimum absolute atomic E-state index is 0.144. The van der Waals surface area contributed by atoms with Crippen molar-refractivity contribution in [3.8, 4) is 0 Å². The van der Waals surface area contributed by atoms with Crippen LogP contribution in [0.5, 0.6) is 0 Å². The van der Waals surface area contributed by atoms with Gasteiger partial charge in [0.15, 0.2) is 0 Å². The minimum atomic E-state index is -1.20. The van der Waals surface area contributed by atoms with Crippen LogP contribution in [0.4, 0.5) is 0 Å². The van der Waals surface area contributed by atoms with Crippen molar-refractivity contribution in [1.82, 2.24) is 0 Å². The van der Waals surface area contributed by atoms with Crippen LogP contribution in [0.2, 0.25) is 0 Å². The second kappa shape index (κ2) is 7.50. The summed E-state index contributed by atoms with van der Waals surface area (Å²) in [6.07, 6.45) is 10.0. The van der Waals surface area contributed by atoms with Gasteiger partial charge in [0.25, 0.3) is 0 Å². The molecule has 0 radical (unpaired) electrons. The summed E-state index contributed by atoms with van der Waals surface area (Å²) in [5, 5.41) is 22.2. The molecule has 2 N–H and O–H groups in total. The molecule has 23 heavy (non-hydrogen) atoms. The fourth-order valence-electron chi connectivity index (χ4n) is 3.69. The van der Waals surface area contributed by atoms with Crippen LogP contribution in [-0.4, -0.2) is 29.0 Å². The molecule has 128 valence electrons. The van der Waals surface area contributed by atoms with E-state index in [-0.39, 0.29) is 11.8 Å².